The smallest absolute Gasteiger partial charge is 0.354 e. The zero-order valence-corrected chi connectivity index (χ0v) is 9.24. The van der Waals surface area contributed by atoms with Gasteiger partial charge in [0, 0.05) is 12.8 Å². The van der Waals surface area contributed by atoms with Crippen molar-refractivity contribution in [2.75, 3.05) is 7.11 Å². The highest BCUT2D eigenvalue weighted by Crippen LogP contribution is 2.20. The lowest BCUT2D eigenvalue weighted by Crippen LogP contribution is -2.24. The summed E-state index contributed by atoms with van der Waals surface area (Å²) in [7, 11) is 1.53. The average Bonchev–Trinajstić information content (AvgIpc) is 2.16. The van der Waals surface area contributed by atoms with E-state index in [0.717, 1.165) is 0 Å². The summed E-state index contributed by atoms with van der Waals surface area (Å²) in [5, 5.41) is 8.84. The van der Waals surface area contributed by atoms with Crippen LogP contribution in [0.4, 0.5) is 0 Å². The second kappa shape index (κ2) is 3.94. The molecule has 0 fully saturated rings. The fourth-order valence-corrected chi connectivity index (χ4v) is 1.04. The highest BCUT2D eigenvalue weighted by molar-refractivity contribution is 5.85. The first kappa shape index (κ1) is 11.6. The Morgan fingerprint density at radius 3 is 2.53 bits per heavy atom. The summed E-state index contributed by atoms with van der Waals surface area (Å²) >= 11 is 0. The molecular formula is C10H14N2O3. The lowest BCUT2D eigenvalue weighted by atomic mass is 10.1. The molecule has 0 aliphatic heterocycles. The minimum atomic E-state index is -1.06. The number of nitrogens with zero attached hydrogens (tertiary/aromatic N) is 2. The van der Waals surface area contributed by atoms with E-state index in [2.05, 4.69) is 9.97 Å². The van der Waals surface area contributed by atoms with Gasteiger partial charge in [0.25, 0.3) is 0 Å². The molecule has 1 N–H and O–H groups in total. The molecule has 1 aromatic rings. The first-order valence-electron chi connectivity index (χ1n) is 4.51. The molecule has 0 atom stereocenters. The maximum absolute atomic E-state index is 10.8. The van der Waals surface area contributed by atoms with Crippen LogP contribution >= 0.6 is 0 Å². The first-order valence-corrected chi connectivity index (χ1v) is 4.51. The molecule has 1 aromatic heterocycles. The highest BCUT2D eigenvalue weighted by atomic mass is 16.5. The normalized spacial score (nSPS) is 11.5. The largest absolute Gasteiger partial charge is 0.477 e. The van der Waals surface area contributed by atoms with Crippen molar-refractivity contribution in [3.05, 3.63) is 23.3 Å². The molecule has 15 heavy (non-hydrogen) atoms. The predicted molar refractivity (Wildman–Crippen MR) is 53.8 cm³/mol. The van der Waals surface area contributed by atoms with Crippen LogP contribution in [0, 0.1) is 6.92 Å². The van der Waals surface area contributed by atoms with Crippen LogP contribution in [-0.4, -0.2) is 28.2 Å². The molecule has 0 aliphatic carbocycles. The number of aromatic carboxylic acids is 1. The summed E-state index contributed by atoms with van der Waals surface area (Å²) in [5.74, 6) is -0.684. The van der Waals surface area contributed by atoms with E-state index in [4.69, 9.17) is 9.84 Å². The fourth-order valence-electron chi connectivity index (χ4n) is 1.04. The van der Waals surface area contributed by atoms with Crippen LogP contribution in [0.2, 0.25) is 0 Å². The average molecular weight is 210 g/mol. The third kappa shape index (κ3) is 2.50. The molecule has 0 bridgehead atoms. The van der Waals surface area contributed by atoms with Crippen LogP contribution in [0.5, 0.6) is 0 Å². The maximum atomic E-state index is 10.8. The van der Waals surface area contributed by atoms with Gasteiger partial charge in [-0.05, 0) is 26.8 Å². The van der Waals surface area contributed by atoms with E-state index in [-0.39, 0.29) is 5.69 Å². The van der Waals surface area contributed by atoms with E-state index < -0.39 is 11.6 Å². The second-order valence-electron chi connectivity index (χ2n) is 3.74. The molecule has 5 nitrogen and oxygen atoms in total. The van der Waals surface area contributed by atoms with Crippen LogP contribution in [0.3, 0.4) is 0 Å². The third-order valence-corrected chi connectivity index (χ3v) is 2.12. The van der Waals surface area contributed by atoms with E-state index >= 15 is 0 Å². The zero-order chi connectivity index (χ0) is 11.6. The number of aryl methyl sites for hydroxylation is 1. The number of ether oxygens (including phenoxy) is 1. The van der Waals surface area contributed by atoms with E-state index in [9.17, 15) is 4.79 Å². The van der Waals surface area contributed by atoms with Crippen LogP contribution in [0.25, 0.3) is 0 Å². The van der Waals surface area contributed by atoms with Gasteiger partial charge in [0.15, 0.2) is 11.5 Å². The highest BCUT2D eigenvalue weighted by Gasteiger charge is 2.24. The Morgan fingerprint density at radius 1 is 1.47 bits per heavy atom. The van der Waals surface area contributed by atoms with Crippen molar-refractivity contribution >= 4 is 5.97 Å². The van der Waals surface area contributed by atoms with Gasteiger partial charge < -0.3 is 9.84 Å². The number of carboxylic acids is 1. The van der Waals surface area contributed by atoms with Crippen molar-refractivity contribution in [3.63, 3.8) is 0 Å². The standard InChI is InChI=1S/C10H14N2O3/c1-6-5-7(8(13)14)12-9(11-6)10(2,3)15-4/h5H,1-4H3,(H,13,14). The minimum Gasteiger partial charge on any atom is -0.477 e. The Bertz CT molecular complexity index is 388. The molecule has 82 valence electrons. The number of methoxy groups -OCH3 is 1. The monoisotopic (exact) mass is 210 g/mol. The van der Waals surface area contributed by atoms with Crippen molar-refractivity contribution in [1.29, 1.82) is 0 Å². The van der Waals surface area contributed by atoms with Gasteiger partial charge in [-0.25, -0.2) is 14.8 Å². The van der Waals surface area contributed by atoms with Gasteiger partial charge >= 0.3 is 5.97 Å². The van der Waals surface area contributed by atoms with Gasteiger partial charge in [-0.3, -0.25) is 0 Å². The van der Waals surface area contributed by atoms with Gasteiger partial charge in [0.1, 0.15) is 5.60 Å². The Hall–Kier alpha value is -1.49. The molecule has 1 heterocycles. The number of aromatic nitrogens is 2. The Morgan fingerprint density at radius 2 is 2.07 bits per heavy atom. The third-order valence-electron chi connectivity index (χ3n) is 2.12. The summed E-state index contributed by atoms with van der Waals surface area (Å²) < 4.78 is 5.20. The molecule has 0 saturated heterocycles. The lowest BCUT2D eigenvalue weighted by molar-refractivity contribution is 0.0110. The van der Waals surface area contributed by atoms with Crippen LogP contribution < -0.4 is 0 Å². The Kier molecular flexibility index (Phi) is 3.04. The van der Waals surface area contributed by atoms with E-state index in [1.54, 1.807) is 20.8 Å². The molecule has 0 aromatic carbocycles. The van der Waals surface area contributed by atoms with Gasteiger partial charge in [0.05, 0.1) is 0 Å². The topological polar surface area (TPSA) is 72.3 Å². The zero-order valence-electron chi connectivity index (χ0n) is 9.24. The molecule has 0 radical (unpaired) electrons. The van der Waals surface area contributed by atoms with Gasteiger partial charge in [-0.2, -0.15) is 0 Å². The van der Waals surface area contributed by atoms with E-state index in [1.165, 1.54) is 13.2 Å². The molecule has 0 saturated carbocycles. The van der Waals surface area contributed by atoms with E-state index in [0.29, 0.717) is 11.5 Å². The van der Waals surface area contributed by atoms with Crippen molar-refractivity contribution in [1.82, 2.24) is 9.97 Å². The Balaban J connectivity index is 3.26. The number of hydrogen-bond donors (Lipinski definition) is 1. The van der Waals surface area contributed by atoms with Crippen LogP contribution in [0.1, 0.15) is 35.9 Å². The van der Waals surface area contributed by atoms with Crippen molar-refractivity contribution < 1.29 is 14.6 Å². The van der Waals surface area contributed by atoms with Gasteiger partial charge in [-0.15, -0.1) is 0 Å². The van der Waals surface area contributed by atoms with Crippen LogP contribution in [0.15, 0.2) is 6.07 Å². The van der Waals surface area contributed by atoms with Crippen molar-refractivity contribution in [2.45, 2.75) is 26.4 Å². The fraction of sp³-hybridized carbons (Fsp3) is 0.500. The maximum Gasteiger partial charge on any atom is 0.354 e. The minimum absolute atomic E-state index is 0.0115. The molecule has 5 heteroatoms. The predicted octanol–water partition coefficient (Wildman–Crippen LogP) is 1.36. The van der Waals surface area contributed by atoms with Crippen LogP contribution in [-0.2, 0) is 10.3 Å². The SMILES string of the molecule is COC(C)(C)c1nc(C)cc(C(=O)O)n1. The summed E-state index contributed by atoms with van der Waals surface area (Å²) in [6.45, 7) is 5.30. The van der Waals surface area contributed by atoms with Gasteiger partial charge in [0.2, 0.25) is 0 Å². The summed E-state index contributed by atoms with van der Waals surface area (Å²) in [4.78, 5) is 18.9. The van der Waals surface area contributed by atoms with Crippen molar-refractivity contribution in [2.24, 2.45) is 0 Å². The number of carboxylic acid groups (broad SMARTS) is 1. The summed E-state index contributed by atoms with van der Waals surface area (Å²) in [5.41, 5.74) is -0.0823. The summed E-state index contributed by atoms with van der Waals surface area (Å²) in [6, 6.07) is 1.43. The van der Waals surface area contributed by atoms with E-state index in [1.807, 2.05) is 0 Å². The number of carbonyl (C=O) groups is 1. The molecular weight excluding hydrogens is 196 g/mol. The first-order chi connectivity index (χ1) is 6.86. The molecule has 0 amide bonds. The molecule has 0 unspecified atom stereocenters. The quantitative estimate of drug-likeness (QED) is 0.815. The van der Waals surface area contributed by atoms with Crippen molar-refractivity contribution in [3.8, 4) is 0 Å². The molecule has 0 spiro atoms. The van der Waals surface area contributed by atoms with Gasteiger partial charge in [-0.1, -0.05) is 0 Å². The lowest BCUT2D eigenvalue weighted by Gasteiger charge is -2.21. The summed E-state index contributed by atoms with van der Waals surface area (Å²) in [6.07, 6.45) is 0. The molecule has 1 rings (SSSR count). The Labute approximate surface area is 88.1 Å². The number of hydrogen-bond acceptors (Lipinski definition) is 4. The molecule has 0 aliphatic rings. The number of rotatable bonds is 3. The second-order valence-corrected chi connectivity index (χ2v) is 3.74.